The lowest BCUT2D eigenvalue weighted by Crippen LogP contribution is -2.36. The summed E-state index contributed by atoms with van der Waals surface area (Å²) in [7, 11) is 0. The molecule has 3 aliphatic heterocycles. The zero-order chi connectivity index (χ0) is 14.3. The Morgan fingerprint density at radius 3 is 3.24 bits per heavy atom. The molecule has 1 unspecified atom stereocenters. The van der Waals surface area contributed by atoms with E-state index in [1.54, 1.807) is 5.57 Å². The van der Waals surface area contributed by atoms with Crippen LogP contribution < -0.4 is 11.1 Å². The second-order valence-corrected chi connectivity index (χ2v) is 6.60. The van der Waals surface area contributed by atoms with Crippen LogP contribution in [0.2, 0.25) is 0 Å². The van der Waals surface area contributed by atoms with Gasteiger partial charge in [0, 0.05) is 31.9 Å². The van der Waals surface area contributed by atoms with Crippen molar-refractivity contribution in [2.45, 2.75) is 51.2 Å². The normalized spacial score (nSPS) is 34.0. The molecule has 0 radical (unpaired) electrons. The van der Waals surface area contributed by atoms with Gasteiger partial charge in [-0.25, -0.2) is 0 Å². The van der Waals surface area contributed by atoms with Gasteiger partial charge in [0.15, 0.2) is 6.23 Å². The lowest BCUT2D eigenvalue weighted by atomic mass is 9.66. The molecule has 3 N–H and O–H groups in total. The van der Waals surface area contributed by atoms with Gasteiger partial charge < -0.3 is 15.4 Å². The smallest absolute Gasteiger partial charge is 0.151 e. The lowest BCUT2D eigenvalue weighted by Gasteiger charge is -2.42. The quantitative estimate of drug-likeness (QED) is 0.837. The second-order valence-electron chi connectivity index (χ2n) is 6.60. The number of nitrogens with one attached hydrogen (secondary N) is 1. The molecular weight excluding hydrogens is 262 g/mol. The zero-order valence-corrected chi connectivity index (χ0v) is 12.6. The Hall–Kier alpha value is -1.26. The summed E-state index contributed by atoms with van der Waals surface area (Å²) >= 11 is 0. The molecule has 1 saturated carbocycles. The highest BCUT2D eigenvalue weighted by atomic mass is 16.5. The number of nitrogens with two attached hydrogens (primary N) is 1. The first kappa shape index (κ1) is 13.4. The molecule has 1 aliphatic carbocycles. The van der Waals surface area contributed by atoms with Gasteiger partial charge in [-0.2, -0.15) is 0 Å². The molecule has 0 aromatic carbocycles. The summed E-state index contributed by atoms with van der Waals surface area (Å²) in [6.45, 7) is 1.49. The summed E-state index contributed by atoms with van der Waals surface area (Å²) in [5.74, 6) is 1.26. The summed E-state index contributed by atoms with van der Waals surface area (Å²) in [6, 6.07) is 0. The van der Waals surface area contributed by atoms with Crippen molar-refractivity contribution in [3.05, 3.63) is 35.5 Å². The van der Waals surface area contributed by atoms with Gasteiger partial charge in [-0.15, -0.1) is 0 Å². The van der Waals surface area contributed by atoms with Crippen LogP contribution in [0.4, 0.5) is 0 Å². The molecule has 2 fully saturated rings. The third-order valence-electron chi connectivity index (χ3n) is 5.34. The highest BCUT2D eigenvalue weighted by molar-refractivity contribution is 5.40. The summed E-state index contributed by atoms with van der Waals surface area (Å²) in [6.07, 6.45) is 15.4. The SMILES string of the molecule is NCCN[C@H]1CC23CCCCC2=CN2C=CCCC2=C3O1. The minimum absolute atomic E-state index is 0.128. The summed E-state index contributed by atoms with van der Waals surface area (Å²) in [4.78, 5) is 2.31. The number of rotatable bonds is 3. The Bertz CT molecular complexity index is 522. The Labute approximate surface area is 126 Å². The molecule has 21 heavy (non-hydrogen) atoms. The predicted octanol–water partition coefficient (Wildman–Crippen LogP) is 2.56. The van der Waals surface area contributed by atoms with Crippen LogP contribution in [-0.4, -0.2) is 24.2 Å². The third-order valence-corrected chi connectivity index (χ3v) is 5.34. The number of nitrogens with zero attached hydrogens (tertiary/aromatic N) is 1. The van der Waals surface area contributed by atoms with E-state index in [1.807, 2.05) is 0 Å². The van der Waals surface area contributed by atoms with Crippen LogP contribution in [0.5, 0.6) is 0 Å². The third kappa shape index (κ3) is 2.04. The minimum atomic E-state index is 0.128. The van der Waals surface area contributed by atoms with Crippen molar-refractivity contribution in [1.29, 1.82) is 0 Å². The molecule has 0 aromatic heterocycles. The molecule has 2 atom stereocenters. The fraction of sp³-hybridized carbons (Fsp3) is 0.647. The fourth-order valence-electron chi connectivity index (χ4n) is 4.38. The van der Waals surface area contributed by atoms with Gasteiger partial charge in [0.05, 0.1) is 11.1 Å². The van der Waals surface area contributed by atoms with Gasteiger partial charge in [-0.05, 0) is 37.7 Å². The van der Waals surface area contributed by atoms with Crippen molar-refractivity contribution in [3.63, 3.8) is 0 Å². The van der Waals surface area contributed by atoms with Crippen molar-refractivity contribution in [2.75, 3.05) is 13.1 Å². The summed E-state index contributed by atoms with van der Waals surface area (Å²) < 4.78 is 6.39. The van der Waals surface area contributed by atoms with Crippen LogP contribution in [0.15, 0.2) is 35.5 Å². The van der Waals surface area contributed by atoms with Gasteiger partial charge >= 0.3 is 0 Å². The van der Waals surface area contributed by atoms with Gasteiger partial charge in [-0.1, -0.05) is 12.5 Å². The number of ether oxygens (including phenoxy) is 1. The molecule has 114 valence electrons. The van der Waals surface area contributed by atoms with E-state index < -0.39 is 0 Å². The predicted molar refractivity (Wildman–Crippen MR) is 82.8 cm³/mol. The zero-order valence-electron chi connectivity index (χ0n) is 12.6. The van der Waals surface area contributed by atoms with E-state index in [2.05, 4.69) is 28.7 Å². The molecule has 4 heteroatoms. The Balaban J connectivity index is 1.72. The number of hydrogen-bond donors (Lipinski definition) is 2. The summed E-state index contributed by atoms with van der Waals surface area (Å²) in [5.41, 5.74) is 8.78. The average molecular weight is 287 g/mol. The highest BCUT2D eigenvalue weighted by Crippen LogP contribution is 2.58. The number of fused-ring (bicyclic) bond motifs is 1. The molecule has 0 aromatic rings. The monoisotopic (exact) mass is 287 g/mol. The van der Waals surface area contributed by atoms with E-state index in [-0.39, 0.29) is 11.6 Å². The fourth-order valence-corrected chi connectivity index (χ4v) is 4.38. The van der Waals surface area contributed by atoms with E-state index in [9.17, 15) is 0 Å². The van der Waals surface area contributed by atoms with E-state index >= 15 is 0 Å². The second kappa shape index (κ2) is 5.18. The first-order valence-corrected chi connectivity index (χ1v) is 8.33. The van der Waals surface area contributed by atoms with Crippen molar-refractivity contribution < 1.29 is 4.74 Å². The van der Waals surface area contributed by atoms with Crippen molar-refractivity contribution in [3.8, 4) is 0 Å². The standard InChI is InChI=1S/C17H25N3O/c18-8-9-19-15-11-17-7-3-1-5-13(17)12-20-10-4-2-6-14(20)16(17)21-15/h4,10,12,15,19H,1-3,5-9,11,18H2/t15-,17?/m1/s1. The lowest BCUT2D eigenvalue weighted by molar-refractivity contribution is 0.120. The molecule has 4 aliphatic rings. The molecule has 4 nitrogen and oxygen atoms in total. The van der Waals surface area contributed by atoms with Crippen molar-refractivity contribution >= 4 is 0 Å². The number of hydrogen-bond acceptors (Lipinski definition) is 4. The van der Waals surface area contributed by atoms with E-state index in [4.69, 9.17) is 10.5 Å². The Morgan fingerprint density at radius 1 is 1.38 bits per heavy atom. The molecule has 0 amide bonds. The molecule has 1 saturated heterocycles. The maximum atomic E-state index is 6.39. The van der Waals surface area contributed by atoms with E-state index in [0.717, 1.165) is 25.8 Å². The van der Waals surface area contributed by atoms with Gasteiger partial charge in [0.2, 0.25) is 0 Å². The largest absolute Gasteiger partial charge is 0.477 e. The maximum Gasteiger partial charge on any atom is 0.151 e. The van der Waals surface area contributed by atoms with Gasteiger partial charge in [-0.3, -0.25) is 5.32 Å². The molecule has 4 rings (SSSR count). The van der Waals surface area contributed by atoms with Crippen LogP contribution in [0.3, 0.4) is 0 Å². The van der Waals surface area contributed by atoms with Crippen LogP contribution in [0, 0.1) is 5.41 Å². The Morgan fingerprint density at radius 2 is 2.33 bits per heavy atom. The van der Waals surface area contributed by atoms with Gasteiger partial charge in [0.1, 0.15) is 5.76 Å². The summed E-state index contributed by atoms with van der Waals surface area (Å²) in [5, 5.41) is 3.47. The van der Waals surface area contributed by atoms with Crippen LogP contribution in [-0.2, 0) is 4.74 Å². The molecular formula is C17H25N3O. The average Bonchev–Trinajstić information content (AvgIpc) is 2.89. The van der Waals surface area contributed by atoms with Crippen LogP contribution in [0.1, 0.15) is 44.9 Å². The van der Waals surface area contributed by atoms with Crippen LogP contribution >= 0.6 is 0 Å². The molecule has 1 spiro atoms. The Kier molecular flexibility index (Phi) is 3.31. The molecule has 3 heterocycles. The first-order valence-electron chi connectivity index (χ1n) is 8.33. The van der Waals surface area contributed by atoms with Gasteiger partial charge in [0.25, 0.3) is 0 Å². The molecule has 0 bridgehead atoms. The van der Waals surface area contributed by atoms with Crippen LogP contribution in [0.25, 0.3) is 0 Å². The van der Waals surface area contributed by atoms with Crippen molar-refractivity contribution in [2.24, 2.45) is 11.1 Å². The number of allylic oxidation sites excluding steroid dienone is 3. The minimum Gasteiger partial charge on any atom is -0.477 e. The van der Waals surface area contributed by atoms with Crippen molar-refractivity contribution in [1.82, 2.24) is 10.2 Å². The van der Waals surface area contributed by atoms with E-state index in [0.29, 0.717) is 6.54 Å². The topological polar surface area (TPSA) is 50.5 Å². The maximum absolute atomic E-state index is 6.39. The first-order chi connectivity index (χ1) is 10.3. The highest BCUT2D eigenvalue weighted by Gasteiger charge is 2.52. The van der Waals surface area contributed by atoms with E-state index in [1.165, 1.54) is 37.1 Å².